The Labute approximate surface area is 174 Å². The number of aryl methyl sites for hydroxylation is 2. The van der Waals surface area contributed by atoms with Crippen LogP contribution in [-0.2, 0) is 11.2 Å². The van der Waals surface area contributed by atoms with Gasteiger partial charge in [0, 0.05) is 23.2 Å². The van der Waals surface area contributed by atoms with Crippen LogP contribution in [0.25, 0.3) is 11.0 Å². The number of nitrogens with zero attached hydrogens (tertiary/aromatic N) is 1. The van der Waals surface area contributed by atoms with Gasteiger partial charge in [0.15, 0.2) is 6.61 Å². The quantitative estimate of drug-likeness (QED) is 0.349. The predicted octanol–water partition coefficient (Wildman–Crippen LogP) is 3.61. The van der Waals surface area contributed by atoms with E-state index in [2.05, 4.69) is 10.5 Å². The van der Waals surface area contributed by atoms with E-state index in [1.54, 1.807) is 25.3 Å². The van der Waals surface area contributed by atoms with Gasteiger partial charge >= 0.3 is 5.63 Å². The van der Waals surface area contributed by atoms with Crippen LogP contribution in [0.3, 0.4) is 0 Å². The summed E-state index contributed by atoms with van der Waals surface area (Å²) >= 11 is 0. The SMILES string of the molecule is COc1ccc(CC/C(C)=N\NC(=O)COc2ccc3c(C)cc(=O)oc3c2)cc1. The molecule has 0 bridgehead atoms. The van der Waals surface area contributed by atoms with Crippen molar-refractivity contribution in [1.29, 1.82) is 0 Å². The highest BCUT2D eigenvalue weighted by atomic mass is 16.5. The summed E-state index contributed by atoms with van der Waals surface area (Å²) in [5.41, 5.74) is 5.29. The number of hydrazone groups is 1. The molecule has 0 unspecified atom stereocenters. The molecule has 0 aliphatic heterocycles. The fourth-order valence-corrected chi connectivity index (χ4v) is 2.91. The Balaban J connectivity index is 1.48. The maximum absolute atomic E-state index is 12.0. The Kier molecular flexibility index (Phi) is 6.85. The molecule has 30 heavy (non-hydrogen) atoms. The minimum absolute atomic E-state index is 0.198. The van der Waals surface area contributed by atoms with E-state index < -0.39 is 5.63 Å². The second-order valence-corrected chi connectivity index (χ2v) is 6.93. The van der Waals surface area contributed by atoms with Crippen molar-refractivity contribution in [3.8, 4) is 11.5 Å². The number of methoxy groups -OCH3 is 1. The zero-order chi connectivity index (χ0) is 21.5. The van der Waals surface area contributed by atoms with Crippen molar-refractivity contribution in [2.24, 2.45) is 5.10 Å². The first kappa shape index (κ1) is 21.1. The van der Waals surface area contributed by atoms with Gasteiger partial charge in [0.25, 0.3) is 5.91 Å². The Morgan fingerprint density at radius 3 is 2.57 bits per heavy atom. The second-order valence-electron chi connectivity index (χ2n) is 6.93. The number of nitrogens with one attached hydrogen (secondary N) is 1. The third kappa shape index (κ3) is 5.70. The van der Waals surface area contributed by atoms with Gasteiger partial charge in [0.2, 0.25) is 0 Å². The second kappa shape index (κ2) is 9.73. The van der Waals surface area contributed by atoms with E-state index >= 15 is 0 Å². The number of carbonyl (C=O) groups excluding carboxylic acids is 1. The molecule has 1 heterocycles. The average molecular weight is 408 g/mol. The Bertz CT molecular complexity index is 1120. The number of hydrogen-bond donors (Lipinski definition) is 1. The maximum atomic E-state index is 12.0. The average Bonchev–Trinajstić information content (AvgIpc) is 2.74. The molecule has 1 aromatic heterocycles. The van der Waals surface area contributed by atoms with E-state index in [-0.39, 0.29) is 12.5 Å². The molecule has 0 saturated heterocycles. The molecule has 7 heteroatoms. The van der Waals surface area contributed by atoms with E-state index in [9.17, 15) is 9.59 Å². The highest BCUT2D eigenvalue weighted by molar-refractivity contribution is 5.85. The lowest BCUT2D eigenvalue weighted by Crippen LogP contribution is -2.25. The van der Waals surface area contributed by atoms with Gasteiger partial charge in [0.1, 0.15) is 17.1 Å². The third-order valence-electron chi connectivity index (χ3n) is 4.60. The van der Waals surface area contributed by atoms with Gasteiger partial charge in [-0.05, 0) is 62.1 Å². The summed E-state index contributed by atoms with van der Waals surface area (Å²) in [5.74, 6) is 0.885. The first-order chi connectivity index (χ1) is 14.4. The molecular formula is C23H24N2O5. The topological polar surface area (TPSA) is 90.1 Å². The molecule has 0 saturated carbocycles. The number of benzene rings is 2. The molecule has 2 aromatic carbocycles. The van der Waals surface area contributed by atoms with Crippen molar-refractivity contribution in [2.75, 3.05) is 13.7 Å². The van der Waals surface area contributed by atoms with Crippen molar-refractivity contribution < 1.29 is 18.7 Å². The van der Waals surface area contributed by atoms with Crippen molar-refractivity contribution in [1.82, 2.24) is 5.43 Å². The minimum Gasteiger partial charge on any atom is -0.497 e. The van der Waals surface area contributed by atoms with Crippen LogP contribution in [0.5, 0.6) is 11.5 Å². The van der Waals surface area contributed by atoms with Crippen molar-refractivity contribution >= 4 is 22.6 Å². The molecule has 0 aliphatic carbocycles. The van der Waals surface area contributed by atoms with Crippen LogP contribution in [0.1, 0.15) is 24.5 Å². The van der Waals surface area contributed by atoms with Gasteiger partial charge in [-0.25, -0.2) is 10.2 Å². The molecule has 1 amide bonds. The Morgan fingerprint density at radius 2 is 1.83 bits per heavy atom. The zero-order valence-corrected chi connectivity index (χ0v) is 17.2. The number of fused-ring (bicyclic) bond motifs is 1. The van der Waals surface area contributed by atoms with Crippen LogP contribution in [0.2, 0.25) is 0 Å². The molecule has 0 spiro atoms. The van der Waals surface area contributed by atoms with Crippen LogP contribution in [0.15, 0.2) is 62.8 Å². The molecule has 1 N–H and O–H groups in total. The summed E-state index contributed by atoms with van der Waals surface area (Å²) in [6.07, 6.45) is 1.53. The normalized spacial score (nSPS) is 11.4. The van der Waals surface area contributed by atoms with Gasteiger partial charge in [-0.15, -0.1) is 0 Å². The highest BCUT2D eigenvalue weighted by Crippen LogP contribution is 2.22. The predicted molar refractivity (Wildman–Crippen MR) is 115 cm³/mol. The third-order valence-corrected chi connectivity index (χ3v) is 4.60. The number of hydrogen-bond acceptors (Lipinski definition) is 6. The molecule has 0 atom stereocenters. The minimum atomic E-state index is -0.422. The molecule has 3 rings (SSSR count). The maximum Gasteiger partial charge on any atom is 0.336 e. The first-order valence-corrected chi connectivity index (χ1v) is 9.57. The molecule has 156 valence electrons. The van der Waals surface area contributed by atoms with Crippen LogP contribution in [0.4, 0.5) is 0 Å². The van der Waals surface area contributed by atoms with E-state index in [0.717, 1.165) is 35.3 Å². The van der Waals surface area contributed by atoms with Crippen molar-refractivity contribution in [3.05, 3.63) is 70.1 Å². The summed E-state index contributed by atoms with van der Waals surface area (Å²) in [5, 5.41) is 4.93. The summed E-state index contributed by atoms with van der Waals surface area (Å²) in [7, 11) is 1.64. The van der Waals surface area contributed by atoms with Gasteiger partial charge in [-0.2, -0.15) is 5.10 Å². The number of rotatable bonds is 8. The van der Waals surface area contributed by atoms with Crippen LogP contribution >= 0.6 is 0 Å². The first-order valence-electron chi connectivity index (χ1n) is 9.57. The smallest absolute Gasteiger partial charge is 0.336 e. The fraction of sp³-hybridized carbons (Fsp3) is 0.261. The van der Waals surface area contributed by atoms with E-state index in [1.807, 2.05) is 38.1 Å². The number of ether oxygens (including phenoxy) is 2. The van der Waals surface area contributed by atoms with E-state index in [1.165, 1.54) is 11.6 Å². The highest BCUT2D eigenvalue weighted by Gasteiger charge is 2.06. The number of amides is 1. The fourth-order valence-electron chi connectivity index (χ4n) is 2.91. The van der Waals surface area contributed by atoms with E-state index in [0.29, 0.717) is 11.3 Å². The van der Waals surface area contributed by atoms with Crippen LogP contribution in [0, 0.1) is 6.92 Å². The van der Waals surface area contributed by atoms with Crippen molar-refractivity contribution in [2.45, 2.75) is 26.7 Å². The van der Waals surface area contributed by atoms with Gasteiger partial charge < -0.3 is 13.9 Å². The van der Waals surface area contributed by atoms with Gasteiger partial charge in [0.05, 0.1) is 7.11 Å². The molecule has 0 radical (unpaired) electrons. The number of carbonyl (C=O) groups is 1. The molecule has 0 fully saturated rings. The van der Waals surface area contributed by atoms with Crippen LogP contribution in [-0.4, -0.2) is 25.3 Å². The van der Waals surface area contributed by atoms with Gasteiger partial charge in [-0.3, -0.25) is 4.79 Å². The molecular weight excluding hydrogens is 384 g/mol. The monoisotopic (exact) mass is 408 g/mol. The van der Waals surface area contributed by atoms with Crippen LogP contribution < -0.4 is 20.5 Å². The standard InChI is InChI=1S/C23H24N2O5/c1-15-12-23(27)30-21-13-19(10-11-20(15)21)29-14-22(26)25-24-16(2)4-5-17-6-8-18(28-3)9-7-17/h6-13H,4-5,14H2,1-3H3,(H,25,26)/b24-16-. The lowest BCUT2D eigenvalue weighted by molar-refractivity contribution is -0.123. The lowest BCUT2D eigenvalue weighted by Gasteiger charge is -2.07. The molecule has 3 aromatic rings. The Hall–Kier alpha value is -3.61. The van der Waals surface area contributed by atoms with Crippen molar-refractivity contribution in [3.63, 3.8) is 0 Å². The summed E-state index contributed by atoms with van der Waals surface area (Å²) in [4.78, 5) is 23.5. The van der Waals surface area contributed by atoms with E-state index in [4.69, 9.17) is 13.9 Å². The molecule has 7 nitrogen and oxygen atoms in total. The largest absolute Gasteiger partial charge is 0.497 e. The van der Waals surface area contributed by atoms with Gasteiger partial charge in [-0.1, -0.05) is 12.1 Å². The lowest BCUT2D eigenvalue weighted by atomic mass is 10.1. The Morgan fingerprint density at radius 1 is 1.10 bits per heavy atom. The summed E-state index contributed by atoms with van der Waals surface area (Å²) in [6.45, 7) is 3.50. The summed E-state index contributed by atoms with van der Waals surface area (Å²) < 4.78 is 15.8. The zero-order valence-electron chi connectivity index (χ0n) is 17.2. The summed E-state index contributed by atoms with van der Waals surface area (Å²) in [6, 6.07) is 14.4. The molecule has 0 aliphatic rings.